The van der Waals surface area contributed by atoms with Gasteiger partial charge in [-0.25, -0.2) is 4.98 Å². The van der Waals surface area contributed by atoms with Crippen LogP contribution in [0.1, 0.15) is 48.2 Å². The van der Waals surface area contributed by atoms with Gasteiger partial charge in [0.05, 0.1) is 10.7 Å². The molecule has 0 fully saturated rings. The fourth-order valence-electron chi connectivity index (χ4n) is 2.99. The molecule has 0 saturated heterocycles. The normalized spacial score (nSPS) is 20.4. The molecular weight excluding hydrogens is 278 g/mol. The van der Waals surface area contributed by atoms with Gasteiger partial charge in [-0.1, -0.05) is 26.0 Å². The Labute approximate surface area is 131 Å². The molecule has 2 heterocycles. The largest absolute Gasteiger partial charge is 0.487 e. The van der Waals surface area contributed by atoms with Crippen molar-refractivity contribution in [2.45, 2.75) is 59.5 Å². The van der Waals surface area contributed by atoms with E-state index in [0.29, 0.717) is 0 Å². The van der Waals surface area contributed by atoms with Crippen molar-refractivity contribution in [3.63, 3.8) is 0 Å². The van der Waals surface area contributed by atoms with Crippen LogP contribution < -0.4 is 4.74 Å². The highest BCUT2D eigenvalue weighted by Gasteiger charge is 2.36. The van der Waals surface area contributed by atoms with Crippen LogP contribution >= 0.6 is 11.3 Å². The Morgan fingerprint density at radius 1 is 1.29 bits per heavy atom. The van der Waals surface area contributed by atoms with E-state index in [0.717, 1.165) is 30.7 Å². The highest BCUT2D eigenvalue weighted by molar-refractivity contribution is 7.12. The highest BCUT2D eigenvalue weighted by atomic mass is 32.1. The lowest BCUT2D eigenvalue weighted by atomic mass is 9.92. The van der Waals surface area contributed by atoms with Gasteiger partial charge in [-0.2, -0.15) is 0 Å². The lowest BCUT2D eigenvalue weighted by Gasteiger charge is -2.21. The zero-order valence-corrected chi connectivity index (χ0v) is 14.4. The number of fused-ring (bicyclic) bond motifs is 1. The number of hydrogen-bond donors (Lipinski definition) is 0. The molecule has 1 aliphatic heterocycles. The van der Waals surface area contributed by atoms with Crippen LogP contribution in [-0.2, 0) is 12.8 Å². The molecule has 0 aliphatic carbocycles. The van der Waals surface area contributed by atoms with Crippen molar-refractivity contribution in [1.29, 1.82) is 0 Å². The summed E-state index contributed by atoms with van der Waals surface area (Å²) >= 11 is 1.81. The van der Waals surface area contributed by atoms with E-state index in [1.165, 1.54) is 26.6 Å². The Kier molecular flexibility index (Phi) is 3.56. The van der Waals surface area contributed by atoms with E-state index in [1.807, 2.05) is 11.3 Å². The number of aromatic nitrogens is 1. The molecular formula is C18H23NOS. The fraction of sp³-hybridized carbons (Fsp3) is 0.500. The molecule has 0 radical (unpaired) electrons. The van der Waals surface area contributed by atoms with Gasteiger partial charge in [0.2, 0.25) is 0 Å². The Morgan fingerprint density at radius 3 is 2.67 bits per heavy atom. The first kappa shape index (κ1) is 14.6. The molecule has 1 unspecified atom stereocenters. The topological polar surface area (TPSA) is 22.1 Å². The minimum absolute atomic E-state index is 0.0687. The van der Waals surface area contributed by atoms with E-state index in [9.17, 15) is 0 Å². The molecule has 3 heteroatoms. The summed E-state index contributed by atoms with van der Waals surface area (Å²) in [5, 5.41) is 1.22. The van der Waals surface area contributed by atoms with Crippen molar-refractivity contribution < 1.29 is 4.74 Å². The van der Waals surface area contributed by atoms with Gasteiger partial charge in [-0.15, -0.1) is 11.3 Å². The van der Waals surface area contributed by atoms with E-state index in [1.54, 1.807) is 0 Å². The predicted molar refractivity (Wildman–Crippen MR) is 89.4 cm³/mol. The quantitative estimate of drug-likeness (QED) is 0.787. The maximum atomic E-state index is 6.29. The summed E-state index contributed by atoms with van der Waals surface area (Å²) in [4.78, 5) is 6.15. The fourth-order valence-corrected chi connectivity index (χ4v) is 3.88. The molecule has 21 heavy (non-hydrogen) atoms. The third-order valence-corrected chi connectivity index (χ3v) is 5.62. The molecule has 1 atom stereocenters. The smallest absolute Gasteiger partial charge is 0.127 e. The number of nitrogens with zero attached hydrogens (tertiary/aromatic N) is 1. The van der Waals surface area contributed by atoms with Gasteiger partial charge in [-0.3, -0.25) is 0 Å². The van der Waals surface area contributed by atoms with E-state index in [-0.39, 0.29) is 5.60 Å². The van der Waals surface area contributed by atoms with E-state index < -0.39 is 0 Å². The van der Waals surface area contributed by atoms with E-state index >= 15 is 0 Å². The maximum absolute atomic E-state index is 6.29. The molecule has 1 aliphatic rings. The molecule has 3 rings (SSSR count). The zero-order valence-electron chi connectivity index (χ0n) is 13.5. The van der Waals surface area contributed by atoms with Crippen LogP contribution in [0.15, 0.2) is 12.1 Å². The van der Waals surface area contributed by atoms with Gasteiger partial charge in [0.15, 0.2) is 0 Å². The summed E-state index contributed by atoms with van der Waals surface area (Å²) in [5.41, 5.74) is 4.92. The Balaban J connectivity index is 2.14. The molecule has 0 N–H and O–H groups in total. The third-order valence-electron chi connectivity index (χ3n) is 4.50. The first-order chi connectivity index (χ1) is 9.97. The molecule has 2 aromatic rings. The monoisotopic (exact) mass is 301 g/mol. The average molecular weight is 301 g/mol. The van der Waals surface area contributed by atoms with Crippen molar-refractivity contribution in [2.24, 2.45) is 0 Å². The molecule has 0 bridgehead atoms. The molecule has 2 nitrogen and oxygen atoms in total. The number of aryl methyl sites for hydroxylation is 3. The molecule has 112 valence electrons. The predicted octanol–water partition coefficient (Wildman–Crippen LogP) is 5.09. The zero-order chi connectivity index (χ0) is 15.2. The van der Waals surface area contributed by atoms with E-state index in [2.05, 4.69) is 46.8 Å². The minimum Gasteiger partial charge on any atom is -0.487 e. The summed E-state index contributed by atoms with van der Waals surface area (Å²) < 4.78 is 6.29. The number of benzene rings is 1. The van der Waals surface area contributed by atoms with Crippen molar-refractivity contribution in [1.82, 2.24) is 4.98 Å². The van der Waals surface area contributed by atoms with Gasteiger partial charge < -0.3 is 4.74 Å². The van der Waals surface area contributed by atoms with Crippen LogP contribution in [0, 0.1) is 13.8 Å². The molecule has 0 amide bonds. The Morgan fingerprint density at radius 2 is 2.05 bits per heavy atom. The number of ether oxygens (including phenoxy) is 1. The lowest BCUT2D eigenvalue weighted by Crippen LogP contribution is -2.28. The summed E-state index contributed by atoms with van der Waals surface area (Å²) in [6.07, 6.45) is 3.01. The number of hydrogen-bond acceptors (Lipinski definition) is 3. The first-order valence-corrected chi connectivity index (χ1v) is 8.57. The van der Waals surface area contributed by atoms with Gasteiger partial charge >= 0.3 is 0 Å². The maximum Gasteiger partial charge on any atom is 0.127 e. The minimum atomic E-state index is -0.0687. The van der Waals surface area contributed by atoms with Crippen LogP contribution in [0.25, 0.3) is 11.3 Å². The number of thiazole rings is 1. The SMILES string of the molecule is CCc1nc(-c2ccc(C)c3c2CC(C)(CC)O3)c(C)s1. The van der Waals surface area contributed by atoms with Crippen molar-refractivity contribution in [3.8, 4) is 17.0 Å². The standard InChI is InChI=1S/C18H23NOS/c1-6-15-19-16(12(4)21-15)13-9-8-11(3)17-14(13)10-18(5,7-2)20-17/h8-9H,6-7,10H2,1-5H3. The van der Waals surface area contributed by atoms with Gasteiger partial charge in [0.25, 0.3) is 0 Å². The van der Waals surface area contributed by atoms with Gasteiger partial charge in [0.1, 0.15) is 11.4 Å². The Hall–Kier alpha value is -1.35. The van der Waals surface area contributed by atoms with Crippen LogP contribution in [-0.4, -0.2) is 10.6 Å². The van der Waals surface area contributed by atoms with Crippen LogP contribution in [0.4, 0.5) is 0 Å². The second-order valence-corrected chi connectivity index (χ2v) is 7.47. The summed E-state index contributed by atoms with van der Waals surface area (Å²) in [6, 6.07) is 4.39. The van der Waals surface area contributed by atoms with Crippen molar-refractivity contribution >= 4 is 11.3 Å². The molecule has 0 spiro atoms. The average Bonchev–Trinajstić information content (AvgIpc) is 3.01. The van der Waals surface area contributed by atoms with Crippen LogP contribution in [0.2, 0.25) is 0 Å². The first-order valence-electron chi connectivity index (χ1n) is 7.75. The van der Waals surface area contributed by atoms with Crippen molar-refractivity contribution in [2.75, 3.05) is 0 Å². The molecule has 1 aromatic carbocycles. The van der Waals surface area contributed by atoms with Gasteiger partial charge in [-0.05, 0) is 39.2 Å². The Bertz CT molecular complexity index is 689. The third kappa shape index (κ3) is 2.38. The van der Waals surface area contributed by atoms with Gasteiger partial charge in [0, 0.05) is 22.4 Å². The van der Waals surface area contributed by atoms with Crippen molar-refractivity contribution in [3.05, 3.63) is 33.1 Å². The van der Waals surface area contributed by atoms with E-state index in [4.69, 9.17) is 9.72 Å². The van der Waals surface area contributed by atoms with Crippen LogP contribution in [0.5, 0.6) is 5.75 Å². The highest BCUT2D eigenvalue weighted by Crippen LogP contribution is 2.45. The molecule has 1 aromatic heterocycles. The summed E-state index contributed by atoms with van der Waals surface area (Å²) in [6.45, 7) is 10.9. The second kappa shape index (κ2) is 5.13. The molecule has 0 saturated carbocycles. The lowest BCUT2D eigenvalue weighted by molar-refractivity contribution is 0.111. The number of rotatable bonds is 3. The van der Waals surface area contributed by atoms with Crippen LogP contribution in [0.3, 0.4) is 0 Å². The summed E-state index contributed by atoms with van der Waals surface area (Å²) in [7, 11) is 0. The second-order valence-electron chi connectivity index (χ2n) is 6.19. The summed E-state index contributed by atoms with van der Waals surface area (Å²) in [5.74, 6) is 1.09.